The van der Waals surface area contributed by atoms with Crippen molar-refractivity contribution in [1.82, 2.24) is 0 Å². The molecule has 0 saturated heterocycles. The number of methoxy groups -OCH3 is 1. The van der Waals surface area contributed by atoms with Crippen LogP contribution in [0.4, 0.5) is 0 Å². The summed E-state index contributed by atoms with van der Waals surface area (Å²) in [6, 6.07) is 2.09. The molecule has 114 valence electrons. The molecular weight excluding hydrogens is 260 g/mol. The van der Waals surface area contributed by atoms with E-state index in [1.54, 1.807) is 7.11 Å². The van der Waals surface area contributed by atoms with Gasteiger partial charge in [-0.15, -0.1) is 0 Å². The smallest absolute Gasteiger partial charge is 0.169 e. The van der Waals surface area contributed by atoms with E-state index in [1.165, 1.54) is 31.2 Å². The first-order valence-corrected chi connectivity index (χ1v) is 8.21. The van der Waals surface area contributed by atoms with Crippen LogP contribution in [0, 0.1) is 25.2 Å². The van der Waals surface area contributed by atoms with Crippen LogP contribution in [-0.4, -0.2) is 12.9 Å². The molecule has 0 radical (unpaired) electrons. The van der Waals surface area contributed by atoms with Crippen molar-refractivity contribution >= 4 is 5.78 Å². The van der Waals surface area contributed by atoms with Crippen LogP contribution in [-0.2, 0) is 6.42 Å². The highest BCUT2D eigenvalue weighted by Gasteiger charge is 2.45. The minimum atomic E-state index is -0.144. The predicted molar refractivity (Wildman–Crippen MR) is 85.2 cm³/mol. The standard InChI is InChI=1S/C19H26O2/c1-12-13(2)17-14(11-16(12)21-4)9-10-19(3,18(17)20)15-7-5-6-8-15/h11,15H,5-10H2,1-4H3. The first-order chi connectivity index (χ1) is 9.99. The average Bonchev–Trinajstić information content (AvgIpc) is 3.01. The molecule has 3 rings (SSSR count). The van der Waals surface area contributed by atoms with E-state index in [2.05, 4.69) is 26.8 Å². The number of carbonyl (C=O) groups excluding carboxylic acids is 1. The van der Waals surface area contributed by atoms with Gasteiger partial charge < -0.3 is 4.74 Å². The highest BCUT2D eigenvalue weighted by molar-refractivity contribution is 6.04. The number of carbonyl (C=O) groups is 1. The molecule has 1 aromatic rings. The van der Waals surface area contributed by atoms with Gasteiger partial charge in [0.05, 0.1) is 7.11 Å². The fraction of sp³-hybridized carbons (Fsp3) is 0.632. The Kier molecular flexibility index (Phi) is 3.59. The Morgan fingerprint density at radius 3 is 2.48 bits per heavy atom. The molecule has 0 aliphatic heterocycles. The Bertz CT molecular complexity index is 582. The van der Waals surface area contributed by atoms with Gasteiger partial charge in [0.1, 0.15) is 5.75 Å². The number of rotatable bonds is 2. The molecule has 1 saturated carbocycles. The molecule has 1 fully saturated rings. The molecule has 0 amide bonds. The number of aryl methyl sites for hydroxylation is 1. The molecule has 1 unspecified atom stereocenters. The van der Waals surface area contributed by atoms with Crippen LogP contribution >= 0.6 is 0 Å². The second-order valence-corrected chi connectivity index (χ2v) is 7.09. The zero-order valence-electron chi connectivity index (χ0n) is 13.7. The molecule has 0 bridgehead atoms. The van der Waals surface area contributed by atoms with Gasteiger partial charge in [0.2, 0.25) is 0 Å². The summed E-state index contributed by atoms with van der Waals surface area (Å²) >= 11 is 0. The van der Waals surface area contributed by atoms with E-state index in [-0.39, 0.29) is 5.41 Å². The van der Waals surface area contributed by atoms with Crippen molar-refractivity contribution in [3.8, 4) is 5.75 Å². The topological polar surface area (TPSA) is 26.3 Å². The van der Waals surface area contributed by atoms with E-state index in [4.69, 9.17) is 4.74 Å². The number of hydrogen-bond donors (Lipinski definition) is 0. The van der Waals surface area contributed by atoms with E-state index in [9.17, 15) is 4.79 Å². The van der Waals surface area contributed by atoms with Crippen molar-refractivity contribution in [2.75, 3.05) is 7.11 Å². The van der Waals surface area contributed by atoms with Gasteiger partial charge in [0.15, 0.2) is 5.78 Å². The van der Waals surface area contributed by atoms with E-state index in [0.717, 1.165) is 35.3 Å². The van der Waals surface area contributed by atoms with Crippen molar-refractivity contribution in [2.45, 2.75) is 59.3 Å². The van der Waals surface area contributed by atoms with Crippen molar-refractivity contribution in [3.63, 3.8) is 0 Å². The van der Waals surface area contributed by atoms with Gasteiger partial charge in [-0.05, 0) is 68.2 Å². The Morgan fingerprint density at radius 1 is 1.19 bits per heavy atom. The van der Waals surface area contributed by atoms with E-state index >= 15 is 0 Å². The molecule has 0 aromatic heterocycles. The van der Waals surface area contributed by atoms with E-state index < -0.39 is 0 Å². The first kappa shape index (κ1) is 14.6. The van der Waals surface area contributed by atoms with Crippen molar-refractivity contribution in [3.05, 3.63) is 28.3 Å². The number of benzene rings is 1. The largest absolute Gasteiger partial charge is 0.496 e. The number of hydrogen-bond acceptors (Lipinski definition) is 2. The lowest BCUT2D eigenvalue weighted by molar-refractivity contribution is 0.0662. The fourth-order valence-corrected chi connectivity index (χ4v) is 4.42. The molecule has 2 aliphatic carbocycles. The number of Topliss-reactive ketones (excluding diaryl/α,β-unsaturated/α-hetero) is 1. The summed E-state index contributed by atoms with van der Waals surface area (Å²) in [5.41, 5.74) is 4.28. The second kappa shape index (κ2) is 5.15. The maximum atomic E-state index is 13.3. The third-order valence-corrected chi connectivity index (χ3v) is 6.07. The summed E-state index contributed by atoms with van der Waals surface area (Å²) in [6.45, 7) is 6.35. The predicted octanol–water partition coefficient (Wildman–Crippen LogP) is 4.64. The van der Waals surface area contributed by atoms with Crippen LogP contribution in [0.1, 0.15) is 66.1 Å². The van der Waals surface area contributed by atoms with Gasteiger partial charge in [0.25, 0.3) is 0 Å². The quantitative estimate of drug-likeness (QED) is 0.792. The molecule has 1 aromatic carbocycles. The molecule has 21 heavy (non-hydrogen) atoms. The Balaban J connectivity index is 2.07. The van der Waals surface area contributed by atoms with E-state index in [1.807, 2.05) is 0 Å². The third-order valence-electron chi connectivity index (χ3n) is 6.07. The van der Waals surface area contributed by atoms with Crippen LogP contribution < -0.4 is 4.74 Å². The Morgan fingerprint density at radius 2 is 1.86 bits per heavy atom. The SMILES string of the molecule is COc1cc2c(c(C)c1C)C(=O)C(C)(C1CCCC1)CC2. The molecule has 0 heterocycles. The third kappa shape index (κ3) is 2.11. The highest BCUT2D eigenvalue weighted by atomic mass is 16.5. The summed E-state index contributed by atoms with van der Waals surface area (Å²) in [4.78, 5) is 13.3. The molecular formula is C19H26O2. The number of ketones is 1. The van der Waals surface area contributed by atoms with Gasteiger partial charge in [-0.3, -0.25) is 4.79 Å². The van der Waals surface area contributed by atoms with Crippen LogP contribution in [0.5, 0.6) is 5.75 Å². The summed E-state index contributed by atoms with van der Waals surface area (Å²) in [5.74, 6) is 1.89. The molecule has 0 spiro atoms. The molecule has 1 atom stereocenters. The van der Waals surface area contributed by atoms with E-state index in [0.29, 0.717) is 11.7 Å². The minimum absolute atomic E-state index is 0.144. The normalized spacial score (nSPS) is 26.0. The fourth-order valence-electron chi connectivity index (χ4n) is 4.42. The zero-order chi connectivity index (χ0) is 15.2. The van der Waals surface area contributed by atoms with Crippen LogP contribution in [0.25, 0.3) is 0 Å². The maximum Gasteiger partial charge on any atom is 0.169 e. The molecule has 2 nitrogen and oxygen atoms in total. The summed E-state index contributed by atoms with van der Waals surface area (Å²) in [5, 5.41) is 0. The number of fused-ring (bicyclic) bond motifs is 1. The molecule has 0 N–H and O–H groups in total. The number of ether oxygens (including phenoxy) is 1. The molecule has 2 heteroatoms. The Hall–Kier alpha value is -1.31. The van der Waals surface area contributed by atoms with Crippen molar-refractivity contribution in [1.29, 1.82) is 0 Å². The monoisotopic (exact) mass is 286 g/mol. The first-order valence-electron chi connectivity index (χ1n) is 8.21. The van der Waals surface area contributed by atoms with Gasteiger partial charge in [0, 0.05) is 11.0 Å². The Labute approximate surface area is 127 Å². The maximum absolute atomic E-state index is 13.3. The van der Waals surface area contributed by atoms with Gasteiger partial charge in [-0.1, -0.05) is 19.8 Å². The van der Waals surface area contributed by atoms with Crippen molar-refractivity contribution in [2.24, 2.45) is 11.3 Å². The van der Waals surface area contributed by atoms with Gasteiger partial charge >= 0.3 is 0 Å². The van der Waals surface area contributed by atoms with Gasteiger partial charge in [-0.25, -0.2) is 0 Å². The highest BCUT2D eigenvalue weighted by Crippen LogP contribution is 2.49. The molecule has 2 aliphatic rings. The second-order valence-electron chi connectivity index (χ2n) is 7.09. The van der Waals surface area contributed by atoms with Gasteiger partial charge in [-0.2, -0.15) is 0 Å². The summed E-state index contributed by atoms with van der Waals surface area (Å²) < 4.78 is 5.47. The zero-order valence-corrected chi connectivity index (χ0v) is 13.7. The van der Waals surface area contributed by atoms with Crippen molar-refractivity contribution < 1.29 is 9.53 Å². The lowest BCUT2D eigenvalue weighted by Crippen LogP contribution is -2.39. The minimum Gasteiger partial charge on any atom is -0.496 e. The van der Waals surface area contributed by atoms with Crippen LogP contribution in [0.15, 0.2) is 6.07 Å². The lowest BCUT2D eigenvalue weighted by atomic mass is 9.63. The van der Waals surface area contributed by atoms with Crippen LogP contribution in [0.3, 0.4) is 0 Å². The average molecular weight is 286 g/mol. The summed E-state index contributed by atoms with van der Waals surface area (Å²) in [6.07, 6.45) is 7.04. The van der Waals surface area contributed by atoms with Crippen LogP contribution in [0.2, 0.25) is 0 Å². The summed E-state index contributed by atoms with van der Waals surface area (Å²) in [7, 11) is 1.71. The lowest BCUT2D eigenvalue weighted by Gasteiger charge is -2.39.